The van der Waals surface area contributed by atoms with Gasteiger partial charge in [-0.1, -0.05) is 33.8 Å². The molecule has 2 amide bonds. The highest BCUT2D eigenvalue weighted by Gasteiger charge is 2.22. The minimum Gasteiger partial charge on any atom is -0.393 e. The molecule has 3 atom stereocenters. The van der Waals surface area contributed by atoms with Crippen molar-refractivity contribution < 1.29 is 14.7 Å². The number of aromatic nitrogens is 2. The standard InChI is InChI=1S/C13H24N2O3.C3H4N2.C2H6/c1-5-7-9(3)14-13(18)11(8-10(4)16)15-12(17)6-2;1-2-5-3-4-1;1-2/h6,9-11,16H,2,5,7-8H2,1,3-4H3,(H,14,18)(H,15,17);1-3H,(H,4,5);1-2H3. The van der Waals surface area contributed by atoms with Crippen LogP contribution in [0, 0.1) is 0 Å². The lowest BCUT2D eigenvalue weighted by Crippen LogP contribution is -2.49. The normalized spacial score (nSPS) is 12.9. The van der Waals surface area contributed by atoms with E-state index >= 15 is 0 Å². The minimum absolute atomic E-state index is 0.0552. The average Bonchev–Trinajstić information content (AvgIpc) is 3.15. The summed E-state index contributed by atoms with van der Waals surface area (Å²) in [5.74, 6) is -0.689. The van der Waals surface area contributed by atoms with E-state index in [1.54, 1.807) is 25.6 Å². The molecule has 1 aromatic rings. The van der Waals surface area contributed by atoms with Crippen LogP contribution < -0.4 is 10.6 Å². The van der Waals surface area contributed by atoms with E-state index in [2.05, 4.69) is 27.2 Å². The first-order valence-electron chi connectivity index (χ1n) is 8.74. The molecule has 0 radical (unpaired) electrons. The first-order chi connectivity index (χ1) is 11.9. The number of carbonyl (C=O) groups excluding carboxylic acids is 2. The van der Waals surface area contributed by atoms with Crippen LogP contribution in [0.15, 0.2) is 31.4 Å². The number of imidazole rings is 1. The van der Waals surface area contributed by atoms with Crippen molar-refractivity contribution in [3.05, 3.63) is 31.4 Å². The summed E-state index contributed by atoms with van der Waals surface area (Å²) in [6, 6.07) is -0.672. The third-order valence-corrected chi connectivity index (χ3v) is 2.91. The summed E-state index contributed by atoms with van der Waals surface area (Å²) in [4.78, 5) is 29.6. The Bertz CT molecular complexity index is 430. The van der Waals surface area contributed by atoms with Crippen molar-refractivity contribution in [1.29, 1.82) is 0 Å². The number of nitrogens with zero attached hydrogens (tertiary/aromatic N) is 1. The molecule has 0 saturated carbocycles. The van der Waals surface area contributed by atoms with E-state index in [0.29, 0.717) is 0 Å². The van der Waals surface area contributed by atoms with Crippen LogP contribution >= 0.6 is 0 Å². The maximum atomic E-state index is 11.9. The first kappa shape index (κ1) is 25.1. The van der Waals surface area contributed by atoms with E-state index in [0.717, 1.165) is 18.9 Å². The molecule has 1 aromatic heterocycles. The fraction of sp³-hybridized carbons (Fsp3) is 0.611. The summed E-state index contributed by atoms with van der Waals surface area (Å²) in [6.45, 7) is 12.9. The second kappa shape index (κ2) is 16.7. The van der Waals surface area contributed by atoms with E-state index in [4.69, 9.17) is 0 Å². The van der Waals surface area contributed by atoms with Gasteiger partial charge in [0.15, 0.2) is 0 Å². The monoisotopic (exact) mass is 354 g/mol. The number of rotatable bonds is 8. The van der Waals surface area contributed by atoms with Gasteiger partial charge in [-0.3, -0.25) is 9.59 Å². The molecule has 3 unspecified atom stereocenters. The van der Waals surface area contributed by atoms with Gasteiger partial charge >= 0.3 is 0 Å². The van der Waals surface area contributed by atoms with Gasteiger partial charge in [0, 0.05) is 24.9 Å². The molecule has 0 aliphatic heterocycles. The third kappa shape index (κ3) is 15.1. The van der Waals surface area contributed by atoms with Crippen molar-refractivity contribution in [3.8, 4) is 0 Å². The maximum absolute atomic E-state index is 11.9. The summed E-state index contributed by atoms with van der Waals surface area (Å²) in [5, 5.41) is 14.7. The zero-order chi connectivity index (χ0) is 19.7. The lowest BCUT2D eigenvalue weighted by Gasteiger charge is -2.21. The van der Waals surface area contributed by atoms with Crippen LogP contribution in [-0.4, -0.2) is 45.1 Å². The smallest absolute Gasteiger partial charge is 0.244 e. The number of hydrogen-bond acceptors (Lipinski definition) is 4. The van der Waals surface area contributed by atoms with Crippen molar-refractivity contribution in [2.45, 2.75) is 72.1 Å². The molecule has 7 nitrogen and oxygen atoms in total. The van der Waals surface area contributed by atoms with E-state index in [1.165, 1.54) is 0 Å². The Labute approximate surface area is 151 Å². The minimum atomic E-state index is -0.727. The first-order valence-corrected chi connectivity index (χ1v) is 8.74. The van der Waals surface area contributed by atoms with Gasteiger partial charge < -0.3 is 20.7 Å². The van der Waals surface area contributed by atoms with Gasteiger partial charge in [0.25, 0.3) is 0 Å². The summed E-state index contributed by atoms with van der Waals surface area (Å²) in [5.41, 5.74) is 0. The number of nitrogens with one attached hydrogen (secondary N) is 3. The third-order valence-electron chi connectivity index (χ3n) is 2.91. The lowest BCUT2D eigenvalue weighted by molar-refractivity contribution is -0.128. The summed E-state index contributed by atoms with van der Waals surface area (Å²) in [6.07, 6.45) is 7.57. The fourth-order valence-electron chi connectivity index (χ4n) is 1.87. The van der Waals surface area contributed by atoms with Crippen LogP contribution in [-0.2, 0) is 9.59 Å². The van der Waals surface area contributed by atoms with E-state index in [9.17, 15) is 14.7 Å². The molecule has 25 heavy (non-hydrogen) atoms. The summed E-state index contributed by atoms with van der Waals surface area (Å²) in [7, 11) is 0. The number of aliphatic hydroxyl groups excluding tert-OH is 1. The Balaban J connectivity index is 0. The molecule has 0 spiro atoms. The lowest BCUT2D eigenvalue weighted by atomic mass is 10.1. The van der Waals surface area contributed by atoms with Gasteiger partial charge in [0.2, 0.25) is 11.8 Å². The van der Waals surface area contributed by atoms with Crippen molar-refractivity contribution in [1.82, 2.24) is 20.6 Å². The number of aliphatic hydroxyl groups is 1. The number of aromatic amines is 1. The molecule has 0 aromatic carbocycles. The average molecular weight is 354 g/mol. The quantitative estimate of drug-likeness (QED) is 0.537. The summed E-state index contributed by atoms with van der Waals surface area (Å²) < 4.78 is 0. The molecule has 4 N–H and O–H groups in total. The van der Waals surface area contributed by atoms with Crippen LogP contribution in [0.5, 0.6) is 0 Å². The SMILES string of the molecule is C=CC(=O)NC(CC(C)O)C(=O)NC(C)CCC.CC.c1c[nH]cn1. The molecular weight excluding hydrogens is 320 g/mol. The fourth-order valence-corrected chi connectivity index (χ4v) is 1.87. The van der Waals surface area contributed by atoms with Crippen LogP contribution in [0.1, 0.15) is 53.9 Å². The topological polar surface area (TPSA) is 107 Å². The zero-order valence-electron chi connectivity index (χ0n) is 16.1. The van der Waals surface area contributed by atoms with Crippen molar-refractivity contribution >= 4 is 11.8 Å². The number of hydrogen-bond donors (Lipinski definition) is 4. The van der Waals surface area contributed by atoms with Gasteiger partial charge in [0.1, 0.15) is 6.04 Å². The van der Waals surface area contributed by atoms with Crippen molar-refractivity contribution in [2.75, 3.05) is 0 Å². The molecule has 0 fully saturated rings. The van der Waals surface area contributed by atoms with Crippen LogP contribution in [0.2, 0.25) is 0 Å². The molecule has 1 heterocycles. The predicted octanol–water partition coefficient (Wildman–Crippen LogP) is 2.17. The van der Waals surface area contributed by atoms with Gasteiger partial charge in [-0.25, -0.2) is 4.98 Å². The Hall–Kier alpha value is -2.15. The molecule has 1 rings (SSSR count). The molecule has 0 saturated heterocycles. The maximum Gasteiger partial charge on any atom is 0.244 e. The second-order valence-electron chi connectivity index (χ2n) is 5.31. The second-order valence-corrected chi connectivity index (χ2v) is 5.31. The largest absolute Gasteiger partial charge is 0.393 e. The van der Waals surface area contributed by atoms with Crippen molar-refractivity contribution in [2.24, 2.45) is 0 Å². The summed E-state index contributed by atoms with van der Waals surface area (Å²) >= 11 is 0. The molecule has 0 aliphatic rings. The highest BCUT2D eigenvalue weighted by Crippen LogP contribution is 2.01. The van der Waals surface area contributed by atoms with Crippen LogP contribution in [0.25, 0.3) is 0 Å². The van der Waals surface area contributed by atoms with E-state index in [1.807, 2.05) is 27.7 Å². The predicted molar refractivity (Wildman–Crippen MR) is 101 cm³/mol. The van der Waals surface area contributed by atoms with Crippen LogP contribution in [0.3, 0.4) is 0 Å². The Morgan fingerprint density at radius 3 is 2.32 bits per heavy atom. The van der Waals surface area contributed by atoms with Gasteiger partial charge in [0.05, 0.1) is 12.4 Å². The van der Waals surface area contributed by atoms with E-state index in [-0.39, 0.29) is 18.4 Å². The molecule has 144 valence electrons. The highest BCUT2D eigenvalue weighted by atomic mass is 16.3. The van der Waals surface area contributed by atoms with E-state index < -0.39 is 18.1 Å². The Morgan fingerprint density at radius 1 is 1.32 bits per heavy atom. The number of amides is 2. The Kier molecular flexibility index (Phi) is 16.8. The van der Waals surface area contributed by atoms with Crippen LogP contribution in [0.4, 0.5) is 0 Å². The molecule has 0 bridgehead atoms. The molecule has 0 aliphatic carbocycles. The van der Waals surface area contributed by atoms with Gasteiger partial charge in [-0.05, 0) is 26.3 Å². The van der Waals surface area contributed by atoms with Gasteiger partial charge in [-0.2, -0.15) is 0 Å². The zero-order valence-corrected chi connectivity index (χ0v) is 16.1. The molecule has 7 heteroatoms. The van der Waals surface area contributed by atoms with Crippen molar-refractivity contribution in [3.63, 3.8) is 0 Å². The number of carbonyl (C=O) groups is 2. The molecular formula is C18H34N4O3. The van der Waals surface area contributed by atoms with Gasteiger partial charge in [-0.15, -0.1) is 0 Å². The Morgan fingerprint density at radius 2 is 1.96 bits per heavy atom. The highest BCUT2D eigenvalue weighted by molar-refractivity contribution is 5.92. The number of H-pyrrole nitrogens is 1.